The lowest BCUT2D eigenvalue weighted by Crippen LogP contribution is -2.51. The molecule has 1 unspecified atom stereocenters. The van der Waals surface area contributed by atoms with Crippen LogP contribution in [0.5, 0.6) is 0 Å². The summed E-state index contributed by atoms with van der Waals surface area (Å²) in [6, 6.07) is -0.307. The van der Waals surface area contributed by atoms with E-state index in [0.717, 1.165) is 12.2 Å². The Labute approximate surface area is 113 Å². The molecule has 1 fully saturated rings. The van der Waals surface area contributed by atoms with E-state index in [1.54, 1.807) is 16.7 Å². The Morgan fingerprint density at radius 1 is 1.39 bits per heavy atom. The Bertz CT molecular complexity index is 312. The molecule has 1 atom stereocenters. The van der Waals surface area contributed by atoms with Crippen molar-refractivity contribution in [2.24, 2.45) is 0 Å². The zero-order valence-electron chi connectivity index (χ0n) is 11.7. The number of nitrogens with zero attached hydrogens (tertiary/aromatic N) is 1. The van der Waals surface area contributed by atoms with Gasteiger partial charge in [-0.2, -0.15) is 11.8 Å². The summed E-state index contributed by atoms with van der Waals surface area (Å²) in [5.74, 6) is 1.71. The predicted molar refractivity (Wildman–Crippen MR) is 74.0 cm³/mol. The van der Waals surface area contributed by atoms with Crippen molar-refractivity contribution >= 4 is 23.6 Å². The maximum atomic E-state index is 12.1. The second-order valence-corrected chi connectivity index (χ2v) is 6.63. The Kier molecular flexibility index (Phi) is 5.50. The van der Waals surface area contributed by atoms with E-state index in [2.05, 4.69) is 0 Å². The predicted octanol–water partition coefficient (Wildman–Crippen LogP) is 2.71. The molecule has 1 aliphatic rings. The molecule has 0 radical (unpaired) electrons. The van der Waals surface area contributed by atoms with Crippen LogP contribution in [0.3, 0.4) is 0 Å². The second kappa shape index (κ2) is 6.45. The highest BCUT2D eigenvalue weighted by Crippen LogP contribution is 2.21. The van der Waals surface area contributed by atoms with Crippen molar-refractivity contribution in [3.63, 3.8) is 0 Å². The Morgan fingerprint density at radius 2 is 2.06 bits per heavy atom. The highest BCUT2D eigenvalue weighted by Gasteiger charge is 2.34. The maximum absolute atomic E-state index is 12.1. The van der Waals surface area contributed by atoms with Crippen LogP contribution in [0, 0.1) is 0 Å². The van der Waals surface area contributed by atoms with Crippen LogP contribution in [0.1, 0.15) is 40.5 Å². The zero-order chi connectivity index (χ0) is 13.8. The molecule has 0 aromatic rings. The monoisotopic (exact) mass is 273 g/mol. The SMILES string of the molecule is CCCC(=O)C1CSCCN1C(=O)OC(C)(C)C. The molecule has 18 heavy (non-hydrogen) atoms. The fourth-order valence-corrected chi connectivity index (χ4v) is 2.90. The van der Waals surface area contributed by atoms with E-state index < -0.39 is 5.60 Å². The van der Waals surface area contributed by atoms with Gasteiger partial charge < -0.3 is 4.74 Å². The number of carbonyl (C=O) groups is 2. The van der Waals surface area contributed by atoms with Crippen molar-refractivity contribution in [1.82, 2.24) is 4.90 Å². The van der Waals surface area contributed by atoms with Crippen LogP contribution in [0.15, 0.2) is 0 Å². The summed E-state index contributed by atoms with van der Waals surface area (Å²) in [6.45, 7) is 8.09. The van der Waals surface area contributed by atoms with Crippen molar-refractivity contribution in [2.75, 3.05) is 18.1 Å². The number of rotatable bonds is 3. The van der Waals surface area contributed by atoms with Gasteiger partial charge in [-0.3, -0.25) is 9.69 Å². The van der Waals surface area contributed by atoms with Gasteiger partial charge in [-0.05, 0) is 27.2 Å². The number of thioether (sulfide) groups is 1. The molecule has 5 heteroatoms. The third-order valence-electron chi connectivity index (χ3n) is 2.62. The summed E-state index contributed by atoms with van der Waals surface area (Å²) < 4.78 is 5.36. The molecule has 4 nitrogen and oxygen atoms in total. The average molecular weight is 273 g/mol. The van der Waals surface area contributed by atoms with Crippen LogP contribution < -0.4 is 0 Å². The second-order valence-electron chi connectivity index (χ2n) is 5.48. The van der Waals surface area contributed by atoms with E-state index >= 15 is 0 Å². The number of hydrogen-bond donors (Lipinski definition) is 0. The van der Waals surface area contributed by atoms with Crippen LogP contribution in [-0.4, -0.2) is 46.5 Å². The van der Waals surface area contributed by atoms with Crippen LogP contribution in [0.4, 0.5) is 4.79 Å². The van der Waals surface area contributed by atoms with Gasteiger partial charge >= 0.3 is 6.09 Å². The van der Waals surface area contributed by atoms with Gasteiger partial charge in [0.1, 0.15) is 11.6 Å². The van der Waals surface area contributed by atoms with Crippen molar-refractivity contribution in [3.05, 3.63) is 0 Å². The highest BCUT2D eigenvalue weighted by atomic mass is 32.2. The summed E-state index contributed by atoms with van der Waals surface area (Å²) in [6.07, 6.45) is 0.990. The minimum atomic E-state index is -0.514. The quantitative estimate of drug-likeness (QED) is 0.793. The van der Waals surface area contributed by atoms with Gasteiger partial charge in [-0.25, -0.2) is 4.79 Å². The molecule has 0 spiro atoms. The molecule has 0 N–H and O–H groups in total. The van der Waals surface area contributed by atoms with Gasteiger partial charge in [0.25, 0.3) is 0 Å². The van der Waals surface area contributed by atoms with E-state index in [9.17, 15) is 9.59 Å². The lowest BCUT2D eigenvalue weighted by Gasteiger charge is -2.35. The van der Waals surface area contributed by atoms with E-state index in [-0.39, 0.29) is 17.9 Å². The first kappa shape index (κ1) is 15.3. The first-order valence-corrected chi connectivity index (χ1v) is 7.60. The summed E-state index contributed by atoms with van der Waals surface area (Å²) >= 11 is 1.73. The maximum Gasteiger partial charge on any atom is 0.410 e. The third kappa shape index (κ3) is 4.52. The molecular weight excluding hydrogens is 250 g/mol. The van der Waals surface area contributed by atoms with Gasteiger partial charge in [-0.15, -0.1) is 0 Å². The van der Waals surface area contributed by atoms with E-state index in [0.29, 0.717) is 18.7 Å². The fourth-order valence-electron chi connectivity index (χ4n) is 1.82. The minimum absolute atomic E-state index is 0.149. The summed E-state index contributed by atoms with van der Waals surface area (Å²) in [5, 5.41) is 0. The molecule has 0 saturated carbocycles. The smallest absolute Gasteiger partial charge is 0.410 e. The van der Waals surface area contributed by atoms with E-state index in [1.165, 1.54) is 0 Å². The van der Waals surface area contributed by atoms with Crippen LogP contribution in [0.25, 0.3) is 0 Å². The first-order chi connectivity index (χ1) is 8.35. The normalized spacial score (nSPS) is 20.7. The van der Waals surface area contributed by atoms with Crippen LogP contribution in [0.2, 0.25) is 0 Å². The topological polar surface area (TPSA) is 46.6 Å². The van der Waals surface area contributed by atoms with Gasteiger partial charge in [0.15, 0.2) is 5.78 Å². The molecule has 1 rings (SSSR count). The summed E-state index contributed by atoms with van der Waals surface area (Å²) in [7, 11) is 0. The summed E-state index contributed by atoms with van der Waals surface area (Å²) in [4.78, 5) is 25.7. The Hall–Kier alpha value is -0.710. The molecule has 0 bridgehead atoms. The number of Topliss-reactive ketones (excluding diaryl/α,β-unsaturated/α-hetero) is 1. The average Bonchev–Trinajstić information content (AvgIpc) is 2.27. The van der Waals surface area contributed by atoms with E-state index in [4.69, 9.17) is 4.74 Å². The van der Waals surface area contributed by atoms with Gasteiger partial charge in [0.2, 0.25) is 0 Å². The van der Waals surface area contributed by atoms with Gasteiger partial charge in [-0.1, -0.05) is 6.92 Å². The van der Waals surface area contributed by atoms with Crippen molar-refractivity contribution in [3.8, 4) is 0 Å². The standard InChI is InChI=1S/C13H23NO3S/c1-5-6-11(15)10-9-18-8-7-14(10)12(16)17-13(2,3)4/h10H,5-9H2,1-4H3. The summed E-state index contributed by atoms with van der Waals surface area (Å²) in [5.41, 5.74) is -0.514. The number of ketones is 1. The van der Waals surface area contributed by atoms with Crippen molar-refractivity contribution < 1.29 is 14.3 Å². The van der Waals surface area contributed by atoms with Gasteiger partial charge in [0.05, 0.1) is 0 Å². The lowest BCUT2D eigenvalue weighted by atomic mass is 10.1. The van der Waals surface area contributed by atoms with Crippen molar-refractivity contribution in [1.29, 1.82) is 0 Å². The molecule has 1 heterocycles. The fraction of sp³-hybridized carbons (Fsp3) is 0.846. The Balaban J connectivity index is 2.70. The van der Waals surface area contributed by atoms with Crippen LogP contribution >= 0.6 is 11.8 Å². The minimum Gasteiger partial charge on any atom is -0.444 e. The molecular formula is C13H23NO3S. The molecule has 1 saturated heterocycles. The third-order valence-corrected chi connectivity index (χ3v) is 3.65. The number of amides is 1. The number of ether oxygens (including phenoxy) is 1. The highest BCUT2D eigenvalue weighted by molar-refractivity contribution is 7.99. The number of carbonyl (C=O) groups excluding carboxylic acids is 2. The van der Waals surface area contributed by atoms with E-state index in [1.807, 2.05) is 27.7 Å². The molecule has 104 valence electrons. The van der Waals surface area contributed by atoms with Gasteiger partial charge in [0, 0.05) is 24.5 Å². The molecule has 1 amide bonds. The molecule has 0 aromatic heterocycles. The molecule has 0 aliphatic carbocycles. The first-order valence-electron chi connectivity index (χ1n) is 6.45. The zero-order valence-corrected chi connectivity index (χ0v) is 12.5. The molecule has 1 aliphatic heterocycles. The Morgan fingerprint density at radius 3 is 2.61 bits per heavy atom. The largest absolute Gasteiger partial charge is 0.444 e. The van der Waals surface area contributed by atoms with Crippen molar-refractivity contribution in [2.45, 2.75) is 52.2 Å². The number of hydrogen-bond acceptors (Lipinski definition) is 4. The lowest BCUT2D eigenvalue weighted by molar-refractivity contribution is -0.123. The molecule has 0 aromatic carbocycles. The van der Waals surface area contributed by atoms with Crippen LogP contribution in [-0.2, 0) is 9.53 Å².